The number of hydrogen-bond donors (Lipinski definition) is 1. The van der Waals surface area contributed by atoms with Crippen molar-refractivity contribution < 1.29 is 19.1 Å². The van der Waals surface area contributed by atoms with E-state index >= 15 is 0 Å². The summed E-state index contributed by atoms with van der Waals surface area (Å²) >= 11 is 0. The number of carbonyl (C=O) groups excluding carboxylic acids is 3. The molecule has 1 aromatic heterocycles. The van der Waals surface area contributed by atoms with Crippen LogP contribution < -0.4 is 5.32 Å². The summed E-state index contributed by atoms with van der Waals surface area (Å²) in [6.45, 7) is 0.889. The molecule has 1 saturated heterocycles. The van der Waals surface area contributed by atoms with E-state index in [0.29, 0.717) is 13.1 Å². The predicted molar refractivity (Wildman–Crippen MR) is 84.0 cm³/mol. The van der Waals surface area contributed by atoms with E-state index in [9.17, 15) is 14.4 Å². The van der Waals surface area contributed by atoms with E-state index in [1.807, 2.05) is 0 Å². The number of nitrogens with zero attached hydrogens (tertiary/aromatic N) is 5. The zero-order chi connectivity index (χ0) is 17.7. The van der Waals surface area contributed by atoms with Gasteiger partial charge in [-0.05, 0) is 12.8 Å². The molecular weight excluding hydrogens is 316 g/mol. The van der Waals surface area contributed by atoms with Crippen molar-refractivity contribution in [1.82, 2.24) is 24.8 Å². The van der Waals surface area contributed by atoms with Crippen LogP contribution in [0.25, 0.3) is 0 Å². The van der Waals surface area contributed by atoms with E-state index in [1.54, 1.807) is 19.0 Å². The van der Waals surface area contributed by atoms with Crippen molar-refractivity contribution >= 4 is 23.7 Å². The van der Waals surface area contributed by atoms with Crippen molar-refractivity contribution in [3.63, 3.8) is 0 Å². The monoisotopic (exact) mass is 338 g/mol. The first-order chi connectivity index (χ1) is 11.4. The summed E-state index contributed by atoms with van der Waals surface area (Å²) in [5.41, 5.74) is 0. The van der Waals surface area contributed by atoms with Gasteiger partial charge in [-0.15, -0.1) is 5.10 Å². The normalized spacial score (nSPS) is 17.3. The van der Waals surface area contributed by atoms with Gasteiger partial charge in [-0.3, -0.25) is 14.9 Å². The summed E-state index contributed by atoms with van der Waals surface area (Å²) < 4.78 is 4.74. The molecule has 10 heteroatoms. The van der Waals surface area contributed by atoms with Crippen molar-refractivity contribution in [3.8, 4) is 0 Å². The number of aromatic nitrogens is 3. The van der Waals surface area contributed by atoms with Gasteiger partial charge < -0.3 is 14.5 Å². The van der Waals surface area contributed by atoms with Gasteiger partial charge in [-0.2, -0.15) is 9.90 Å². The molecule has 1 aliphatic heterocycles. The zero-order valence-corrected chi connectivity index (χ0v) is 14.1. The van der Waals surface area contributed by atoms with Gasteiger partial charge in [-0.25, -0.2) is 4.79 Å². The smallest absolute Gasteiger partial charge is 0.322 e. The van der Waals surface area contributed by atoms with Crippen molar-refractivity contribution in [1.29, 1.82) is 0 Å². The van der Waals surface area contributed by atoms with Gasteiger partial charge in [-0.1, -0.05) is 0 Å². The molecule has 132 valence electrons. The molecule has 0 aliphatic carbocycles. The maximum atomic E-state index is 12.3. The second-order valence-corrected chi connectivity index (χ2v) is 5.79. The van der Waals surface area contributed by atoms with E-state index in [-0.39, 0.29) is 36.2 Å². The number of ether oxygens (including phenoxy) is 1. The summed E-state index contributed by atoms with van der Waals surface area (Å²) in [7, 11) is 4.56. The summed E-state index contributed by atoms with van der Waals surface area (Å²) in [6, 6.07) is -0.328. The van der Waals surface area contributed by atoms with E-state index in [0.717, 1.165) is 12.8 Å². The zero-order valence-electron chi connectivity index (χ0n) is 14.1. The average Bonchev–Trinajstić information content (AvgIpc) is 3.00. The Morgan fingerprint density at radius 3 is 2.83 bits per heavy atom. The Balaban J connectivity index is 1.91. The Kier molecular flexibility index (Phi) is 5.72. The first kappa shape index (κ1) is 17.7. The Hall–Kier alpha value is -2.65. The van der Waals surface area contributed by atoms with Gasteiger partial charge in [0.05, 0.1) is 19.2 Å². The number of esters is 1. The van der Waals surface area contributed by atoms with Crippen molar-refractivity contribution in [2.75, 3.05) is 39.6 Å². The Bertz CT molecular complexity index is 614. The van der Waals surface area contributed by atoms with Crippen molar-refractivity contribution in [2.45, 2.75) is 19.4 Å². The molecule has 0 spiro atoms. The Morgan fingerprint density at radius 2 is 2.17 bits per heavy atom. The second kappa shape index (κ2) is 7.75. The summed E-state index contributed by atoms with van der Waals surface area (Å²) in [6.07, 6.45) is 2.85. The highest BCUT2D eigenvalue weighted by molar-refractivity contribution is 5.87. The van der Waals surface area contributed by atoms with Crippen LogP contribution in [0.5, 0.6) is 0 Å². The lowest BCUT2D eigenvalue weighted by Crippen LogP contribution is -2.44. The van der Waals surface area contributed by atoms with Crippen LogP contribution in [0.1, 0.15) is 12.8 Å². The van der Waals surface area contributed by atoms with E-state index in [1.165, 1.54) is 23.0 Å². The van der Waals surface area contributed by atoms with E-state index in [2.05, 4.69) is 15.5 Å². The summed E-state index contributed by atoms with van der Waals surface area (Å²) in [5.74, 6) is -0.483. The number of urea groups is 1. The number of rotatable bonds is 4. The van der Waals surface area contributed by atoms with Gasteiger partial charge in [0.1, 0.15) is 6.54 Å². The summed E-state index contributed by atoms with van der Waals surface area (Å²) in [5, 5.41) is 10.6. The minimum Gasteiger partial charge on any atom is -0.469 e. The number of likely N-dealkylation sites (tertiary alicyclic amines) is 1. The molecule has 1 unspecified atom stereocenters. The number of carbonyl (C=O) groups is 3. The highest BCUT2D eigenvalue weighted by atomic mass is 16.5. The molecule has 0 saturated carbocycles. The van der Waals surface area contributed by atoms with Crippen molar-refractivity contribution in [2.24, 2.45) is 5.92 Å². The lowest BCUT2D eigenvalue weighted by molar-refractivity contribution is -0.149. The number of amides is 3. The van der Waals surface area contributed by atoms with Gasteiger partial charge in [0.15, 0.2) is 5.82 Å². The third kappa shape index (κ3) is 4.43. The molecule has 2 rings (SSSR count). The SMILES string of the molecule is COC(=O)C1CCCN(C(=O)Cn2ncc(NC(=O)N(C)C)n2)C1. The van der Waals surface area contributed by atoms with Crippen LogP contribution in [0.2, 0.25) is 0 Å². The van der Waals surface area contributed by atoms with Crippen LogP contribution >= 0.6 is 0 Å². The lowest BCUT2D eigenvalue weighted by Gasteiger charge is -2.31. The van der Waals surface area contributed by atoms with Crippen LogP contribution in [-0.2, 0) is 20.9 Å². The quantitative estimate of drug-likeness (QED) is 0.760. The van der Waals surface area contributed by atoms with Gasteiger partial charge in [0, 0.05) is 27.2 Å². The average molecular weight is 338 g/mol. The Morgan fingerprint density at radius 1 is 1.42 bits per heavy atom. The highest BCUT2D eigenvalue weighted by Crippen LogP contribution is 2.18. The van der Waals surface area contributed by atoms with E-state index in [4.69, 9.17) is 4.74 Å². The van der Waals surface area contributed by atoms with Gasteiger partial charge in [0.2, 0.25) is 5.91 Å². The van der Waals surface area contributed by atoms with Crippen LogP contribution in [-0.4, -0.2) is 77.0 Å². The molecular formula is C14H22N6O4. The molecule has 1 aliphatic rings. The first-order valence-electron chi connectivity index (χ1n) is 7.64. The number of methoxy groups -OCH3 is 1. The molecule has 2 heterocycles. The predicted octanol–water partition coefficient (Wildman–Crippen LogP) is -0.217. The molecule has 24 heavy (non-hydrogen) atoms. The fourth-order valence-electron chi connectivity index (χ4n) is 2.44. The van der Waals surface area contributed by atoms with Crippen LogP contribution in [0, 0.1) is 5.92 Å². The fourth-order valence-corrected chi connectivity index (χ4v) is 2.44. The molecule has 1 fully saturated rings. The number of piperidine rings is 1. The van der Waals surface area contributed by atoms with Crippen LogP contribution in [0.15, 0.2) is 6.20 Å². The van der Waals surface area contributed by atoms with Crippen molar-refractivity contribution in [3.05, 3.63) is 6.20 Å². The number of nitrogens with one attached hydrogen (secondary N) is 1. The van der Waals surface area contributed by atoms with Crippen LogP contribution in [0.4, 0.5) is 10.6 Å². The second-order valence-electron chi connectivity index (χ2n) is 5.79. The third-order valence-corrected chi connectivity index (χ3v) is 3.76. The molecule has 10 nitrogen and oxygen atoms in total. The first-order valence-corrected chi connectivity index (χ1v) is 7.64. The van der Waals surface area contributed by atoms with E-state index < -0.39 is 0 Å². The lowest BCUT2D eigenvalue weighted by atomic mass is 9.98. The molecule has 1 atom stereocenters. The highest BCUT2D eigenvalue weighted by Gasteiger charge is 2.29. The number of anilines is 1. The fraction of sp³-hybridized carbons (Fsp3) is 0.643. The minimum atomic E-state index is -0.328. The third-order valence-electron chi connectivity index (χ3n) is 3.76. The van der Waals surface area contributed by atoms with Gasteiger partial charge in [0.25, 0.3) is 0 Å². The maximum absolute atomic E-state index is 12.3. The molecule has 0 radical (unpaired) electrons. The molecule has 1 N–H and O–H groups in total. The Labute approximate surface area is 139 Å². The topological polar surface area (TPSA) is 110 Å². The standard InChI is InChI=1S/C14H22N6O4/c1-18(2)14(23)16-11-7-15-20(17-11)9-12(21)19-6-4-5-10(8-19)13(22)24-3/h7,10H,4-6,8-9H2,1-3H3,(H,16,17,23). The maximum Gasteiger partial charge on any atom is 0.322 e. The minimum absolute atomic E-state index is 0.0499. The van der Waals surface area contributed by atoms with Gasteiger partial charge >= 0.3 is 12.0 Å². The molecule has 1 aromatic rings. The molecule has 0 bridgehead atoms. The summed E-state index contributed by atoms with van der Waals surface area (Å²) in [4.78, 5) is 39.7. The molecule has 0 aromatic carbocycles. The largest absolute Gasteiger partial charge is 0.469 e. The number of hydrogen-bond acceptors (Lipinski definition) is 6. The molecule has 3 amide bonds. The van der Waals surface area contributed by atoms with Crippen LogP contribution in [0.3, 0.4) is 0 Å².